The van der Waals surface area contributed by atoms with E-state index in [1.807, 2.05) is 11.8 Å². The van der Waals surface area contributed by atoms with Gasteiger partial charge in [-0.1, -0.05) is 0 Å². The molecule has 134 valence electrons. The van der Waals surface area contributed by atoms with E-state index in [0.717, 1.165) is 6.07 Å². The van der Waals surface area contributed by atoms with E-state index in [2.05, 4.69) is 20.6 Å². The number of aliphatic hydroxyl groups is 1. The fourth-order valence-corrected chi connectivity index (χ4v) is 2.47. The van der Waals surface area contributed by atoms with Crippen LogP contribution in [0.5, 0.6) is 0 Å². The van der Waals surface area contributed by atoms with Crippen LogP contribution >= 0.6 is 0 Å². The number of alkyl halides is 3. The Morgan fingerprint density at radius 2 is 2.29 bits per heavy atom. The van der Waals surface area contributed by atoms with Crippen LogP contribution in [0.1, 0.15) is 18.9 Å². The Morgan fingerprint density at radius 1 is 1.50 bits per heavy atom. The van der Waals surface area contributed by atoms with Gasteiger partial charge in [-0.2, -0.15) is 13.2 Å². The van der Waals surface area contributed by atoms with Crippen molar-refractivity contribution in [3.63, 3.8) is 0 Å². The molecule has 1 atom stereocenters. The van der Waals surface area contributed by atoms with Crippen LogP contribution in [0.15, 0.2) is 23.3 Å². The lowest BCUT2D eigenvalue weighted by Gasteiger charge is -2.21. The normalized spacial score (nSPS) is 18.8. The first-order valence-corrected chi connectivity index (χ1v) is 7.89. The molecule has 1 aliphatic heterocycles. The molecule has 0 radical (unpaired) electrons. The zero-order chi connectivity index (χ0) is 17.6. The molecule has 1 fully saturated rings. The lowest BCUT2D eigenvalue weighted by atomic mass is 10.2. The van der Waals surface area contributed by atoms with Gasteiger partial charge in [-0.05, 0) is 25.5 Å². The van der Waals surface area contributed by atoms with Crippen LogP contribution < -0.4 is 10.6 Å². The molecule has 0 amide bonds. The molecular weight excluding hydrogens is 323 g/mol. The highest BCUT2D eigenvalue weighted by molar-refractivity contribution is 5.80. The number of nitrogens with one attached hydrogen (secondary N) is 2. The van der Waals surface area contributed by atoms with Gasteiger partial charge in [-0.3, -0.25) is 4.99 Å². The molecule has 1 aromatic heterocycles. The Balaban J connectivity index is 1.93. The van der Waals surface area contributed by atoms with Gasteiger partial charge in [0, 0.05) is 32.4 Å². The number of likely N-dealkylation sites (tertiary alicyclic amines) is 1. The number of aliphatic hydroxyl groups excluding tert-OH is 1. The highest BCUT2D eigenvalue weighted by Gasteiger charge is 2.33. The van der Waals surface area contributed by atoms with Gasteiger partial charge >= 0.3 is 6.18 Å². The number of nitrogens with zero attached hydrogens (tertiary/aromatic N) is 3. The molecule has 0 spiro atoms. The quantitative estimate of drug-likeness (QED) is 0.429. The molecule has 2 rings (SSSR count). The van der Waals surface area contributed by atoms with Gasteiger partial charge in [-0.25, -0.2) is 4.98 Å². The SMILES string of the molecule is CCNC(=NCCNc1ncccc1C(F)(F)F)N1CC[C@@H](O)C1. The van der Waals surface area contributed by atoms with Crippen molar-refractivity contribution < 1.29 is 18.3 Å². The molecule has 0 aliphatic carbocycles. The minimum Gasteiger partial charge on any atom is -0.391 e. The molecule has 0 aromatic carbocycles. The fourth-order valence-electron chi connectivity index (χ4n) is 2.47. The molecular formula is C15H22F3N5O. The van der Waals surface area contributed by atoms with Crippen molar-refractivity contribution in [3.05, 3.63) is 23.9 Å². The fraction of sp³-hybridized carbons (Fsp3) is 0.600. The van der Waals surface area contributed by atoms with Crippen LogP contribution in [0.3, 0.4) is 0 Å². The first-order chi connectivity index (χ1) is 11.4. The maximum absolute atomic E-state index is 12.9. The van der Waals surface area contributed by atoms with E-state index in [1.165, 1.54) is 12.3 Å². The first kappa shape index (κ1) is 18.3. The Kier molecular flexibility index (Phi) is 6.24. The second-order valence-corrected chi connectivity index (χ2v) is 5.45. The van der Waals surface area contributed by atoms with Gasteiger partial charge in [0.1, 0.15) is 5.82 Å². The van der Waals surface area contributed by atoms with Gasteiger partial charge in [-0.15, -0.1) is 0 Å². The van der Waals surface area contributed by atoms with Gasteiger partial charge in [0.05, 0.1) is 18.2 Å². The van der Waals surface area contributed by atoms with Crippen LogP contribution in [-0.4, -0.2) is 59.8 Å². The molecule has 0 saturated carbocycles. The maximum Gasteiger partial charge on any atom is 0.419 e. The van der Waals surface area contributed by atoms with Crippen molar-refractivity contribution in [2.75, 3.05) is 38.0 Å². The molecule has 1 aromatic rings. The lowest BCUT2D eigenvalue weighted by Crippen LogP contribution is -2.40. The minimum atomic E-state index is -4.44. The molecule has 1 saturated heterocycles. The van der Waals surface area contributed by atoms with Crippen LogP contribution in [0.2, 0.25) is 0 Å². The molecule has 9 heteroatoms. The lowest BCUT2D eigenvalue weighted by molar-refractivity contribution is -0.137. The Hall–Kier alpha value is -2.03. The number of aromatic nitrogens is 1. The van der Waals surface area contributed by atoms with E-state index in [1.54, 1.807) is 0 Å². The van der Waals surface area contributed by atoms with Crippen LogP contribution in [0, 0.1) is 0 Å². The molecule has 6 nitrogen and oxygen atoms in total. The number of hydrogen-bond acceptors (Lipinski definition) is 4. The predicted molar refractivity (Wildman–Crippen MR) is 85.9 cm³/mol. The summed E-state index contributed by atoms with van der Waals surface area (Å²) in [6.45, 7) is 4.35. The van der Waals surface area contributed by atoms with E-state index in [9.17, 15) is 18.3 Å². The van der Waals surface area contributed by atoms with Crippen LogP contribution in [-0.2, 0) is 6.18 Å². The van der Waals surface area contributed by atoms with E-state index >= 15 is 0 Å². The third kappa shape index (κ3) is 4.98. The molecule has 2 heterocycles. The maximum atomic E-state index is 12.9. The minimum absolute atomic E-state index is 0.193. The number of pyridine rings is 1. The van der Waals surface area contributed by atoms with Crippen molar-refractivity contribution in [2.45, 2.75) is 25.6 Å². The average Bonchev–Trinajstić information content (AvgIpc) is 2.96. The molecule has 1 aliphatic rings. The second-order valence-electron chi connectivity index (χ2n) is 5.45. The van der Waals surface area contributed by atoms with Crippen molar-refractivity contribution in [1.29, 1.82) is 0 Å². The molecule has 0 unspecified atom stereocenters. The van der Waals surface area contributed by atoms with Crippen molar-refractivity contribution in [3.8, 4) is 0 Å². The summed E-state index contributed by atoms with van der Waals surface area (Å²) in [7, 11) is 0. The first-order valence-electron chi connectivity index (χ1n) is 7.89. The highest BCUT2D eigenvalue weighted by Crippen LogP contribution is 2.33. The highest BCUT2D eigenvalue weighted by atomic mass is 19.4. The summed E-state index contributed by atoms with van der Waals surface area (Å²) in [4.78, 5) is 10.1. The van der Waals surface area contributed by atoms with Gasteiger partial charge < -0.3 is 20.6 Å². The second kappa shape index (κ2) is 8.18. The zero-order valence-electron chi connectivity index (χ0n) is 13.5. The zero-order valence-corrected chi connectivity index (χ0v) is 13.5. The number of aliphatic imine (C=N–C) groups is 1. The molecule has 24 heavy (non-hydrogen) atoms. The van der Waals surface area contributed by atoms with Crippen molar-refractivity contribution in [2.24, 2.45) is 4.99 Å². The van der Waals surface area contributed by atoms with E-state index in [0.29, 0.717) is 38.6 Å². The van der Waals surface area contributed by atoms with Gasteiger partial charge in [0.15, 0.2) is 5.96 Å². The van der Waals surface area contributed by atoms with E-state index in [-0.39, 0.29) is 18.5 Å². The summed E-state index contributed by atoms with van der Waals surface area (Å²) >= 11 is 0. The number of anilines is 1. The average molecular weight is 345 g/mol. The summed E-state index contributed by atoms with van der Waals surface area (Å²) in [5.74, 6) is 0.467. The van der Waals surface area contributed by atoms with Gasteiger partial charge in [0.2, 0.25) is 0 Å². The predicted octanol–water partition coefficient (Wildman–Crippen LogP) is 1.54. The third-order valence-corrected chi connectivity index (χ3v) is 3.58. The van der Waals surface area contributed by atoms with E-state index < -0.39 is 11.7 Å². The number of guanidine groups is 1. The van der Waals surface area contributed by atoms with E-state index in [4.69, 9.17) is 0 Å². The van der Waals surface area contributed by atoms with Crippen molar-refractivity contribution in [1.82, 2.24) is 15.2 Å². The van der Waals surface area contributed by atoms with Crippen LogP contribution in [0.4, 0.5) is 19.0 Å². The Morgan fingerprint density at radius 3 is 2.92 bits per heavy atom. The topological polar surface area (TPSA) is 72.8 Å². The number of hydrogen-bond donors (Lipinski definition) is 3. The number of β-amino-alcohol motifs (C(OH)–C–C–N with tert-alkyl or cyclic N) is 1. The smallest absolute Gasteiger partial charge is 0.391 e. The monoisotopic (exact) mass is 345 g/mol. The number of rotatable bonds is 5. The van der Waals surface area contributed by atoms with Gasteiger partial charge in [0.25, 0.3) is 0 Å². The number of halogens is 3. The largest absolute Gasteiger partial charge is 0.419 e. The summed E-state index contributed by atoms with van der Waals surface area (Å²) in [5.41, 5.74) is -0.788. The summed E-state index contributed by atoms with van der Waals surface area (Å²) < 4.78 is 38.6. The van der Waals surface area contributed by atoms with Crippen LogP contribution in [0.25, 0.3) is 0 Å². The summed E-state index contributed by atoms with van der Waals surface area (Å²) in [5, 5.41) is 15.4. The summed E-state index contributed by atoms with van der Waals surface area (Å²) in [6.07, 6.45) is -2.81. The van der Waals surface area contributed by atoms with Crippen molar-refractivity contribution >= 4 is 11.8 Å². The standard InChI is InChI=1S/C15H22F3N5O/c1-2-19-14(23-9-5-11(24)10-23)22-8-7-21-13-12(15(16,17)18)4-3-6-20-13/h3-4,6,11,24H,2,5,7-10H2,1H3,(H,19,22)(H,20,21)/t11-/m1/s1. The Labute approximate surface area is 138 Å². The Bertz CT molecular complexity index is 564. The third-order valence-electron chi connectivity index (χ3n) is 3.58. The molecule has 3 N–H and O–H groups in total. The molecule has 0 bridgehead atoms. The summed E-state index contributed by atoms with van der Waals surface area (Å²) in [6, 6.07) is 2.25.